The maximum Gasteiger partial charge on any atom is 0.254 e. The summed E-state index contributed by atoms with van der Waals surface area (Å²) in [5.74, 6) is 0.0346. The Bertz CT molecular complexity index is 949. The van der Waals surface area contributed by atoms with Crippen LogP contribution in [0, 0.1) is 6.92 Å². The third-order valence-corrected chi connectivity index (χ3v) is 5.00. The SMILES string of the molecule is CCN(Cc1cnn(C(C)C)c1)C(=O)c1cccc(NCc2cccnc2)c1C. The first-order chi connectivity index (χ1) is 14.0. The van der Waals surface area contributed by atoms with Gasteiger partial charge in [-0.25, -0.2) is 0 Å². The number of carbonyl (C=O) groups is 1. The molecule has 0 unspecified atom stereocenters. The molecular formula is C23H29N5O. The number of anilines is 1. The second-order valence-corrected chi connectivity index (χ2v) is 7.43. The number of nitrogens with one attached hydrogen (secondary N) is 1. The van der Waals surface area contributed by atoms with E-state index in [2.05, 4.69) is 29.2 Å². The molecule has 1 amide bonds. The van der Waals surface area contributed by atoms with Crippen LogP contribution in [-0.2, 0) is 13.1 Å². The van der Waals surface area contributed by atoms with Gasteiger partial charge in [0.1, 0.15) is 0 Å². The summed E-state index contributed by atoms with van der Waals surface area (Å²) < 4.78 is 1.92. The number of nitrogens with zero attached hydrogens (tertiary/aromatic N) is 4. The number of carbonyl (C=O) groups excluding carboxylic acids is 1. The molecule has 0 aliphatic rings. The van der Waals surface area contributed by atoms with Crippen molar-refractivity contribution in [3.8, 4) is 0 Å². The fourth-order valence-corrected chi connectivity index (χ4v) is 3.22. The van der Waals surface area contributed by atoms with Crippen LogP contribution in [-0.4, -0.2) is 32.1 Å². The van der Waals surface area contributed by atoms with Gasteiger partial charge in [-0.15, -0.1) is 0 Å². The maximum atomic E-state index is 13.2. The van der Waals surface area contributed by atoms with Crippen LogP contribution in [0.15, 0.2) is 55.1 Å². The van der Waals surface area contributed by atoms with E-state index in [-0.39, 0.29) is 5.91 Å². The average Bonchev–Trinajstić information content (AvgIpc) is 3.20. The summed E-state index contributed by atoms with van der Waals surface area (Å²) in [5.41, 5.74) is 4.78. The Morgan fingerprint density at radius 2 is 2.00 bits per heavy atom. The van der Waals surface area contributed by atoms with E-state index in [4.69, 9.17) is 0 Å². The molecule has 3 aromatic rings. The number of benzene rings is 1. The van der Waals surface area contributed by atoms with Crippen molar-refractivity contribution in [3.05, 3.63) is 77.4 Å². The number of rotatable bonds is 8. The highest BCUT2D eigenvalue weighted by Crippen LogP contribution is 2.22. The van der Waals surface area contributed by atoms with E-state index in [1.165, 1.54) is 0 Å². The smallest absolute Gasteiger partial charge is 0.254 e. The van der Waals surface area contributed by atoms with E-state index >= 15 is 0 Å². The van der Waals surface area contributed by atoms with Crippen LogP contribution >= 0.6 is 0 Å². The maximum absolute atomic E-state index is 13.2. The molecule has 0 radical (unpaired) electrons. The topological polar surface area (TPSA) is 63.1 Å². The lowest BCUT2D eigenvalue weighted by Gasteiger charge is -2.22. The third kappa shape index (κ3) is 5.02. The molecule has 0 aliphatic carbocycles. The van der Waals surface area contributed by atoms with Gasteiger partial charge in [-0.2, -0.15) is 5.10 Å². The zero-order valence-electron chi connectivity index (χ0n) is 17.6. The first-order valence-electron chi connectivity index (χ1n) is 10.0. The Hall–Kier alpha value is -3.15. The fourth-order valence-electron chi connectivity index (χ4n) is 3.22. The van der Waals surface area contributed by atoms with Crippen LogP contribution in [0.1, 0.15) is 53.9 Å². The third-order valence-electron chi connectivity index (χ3n) is 5.00. The largest absolute Gasteiger partial charge is 0.381 e. The van der Waals surface area contributed by atoms with Gasteiger partial charge in [0, 0.05) is 61.1 Å². The van der Waals surface area contributed by atoms with Crippen molar-refractivity contribution in [1.29, 1.82) is 0 Å². The van der Waals surface area contributed by atoms with Gasteiger partial charge in [0.05, 0.1) is 6.20 Å². The van der Waals surface area contributed by atoms with Crippen LogP contribution in [0.4, 0.5) is 5.69 Å². The molecular weight excluding hydrogens is 362 g/mol. The summed E-state index contributed by atoms with van der Waals surface area (Å²) >= 11 is 0. The standard InChI is InChI=1S/C23H29N5O/c1-5-27(15-20-14-26-28(16-20)17(2)3)23(29)21-9-6-10-22(18(21)4)25-13-19-8-7-11-24-12-19/h6-12,14,16-17,25H,5,13,15H2,1-4H3. The zero-order valence-corrected chi connectivity index (χ0v) is 17.6. The Labute approximate surface area is 172 Å². The van der Waals surface area contributed by atoms with Gasteiger partial charge in [-0.3, -0.25) is 14.5 Å². The van der Waals surface area contributed by atoms with Crippen molar-refractivity contribution >= 4 is 11.6 Å². The van der Waals surface area contributed by atoms with Crippen molar-refractivity contribution < 1.29 is 4.79 Å². The molecule has 0 fully saturated rings. The molecule has 2 heterocycles. The first kappa shape index (κ1) is 20.6. The minimum atomic E-state index is 0.0346. The minimum Gasteiger partial charge on any atom is -0.381 e. The molecule has 1 N–H and O–H groups in total. The van der Waals surface area contributed by atoms with E-state index < -0.39 is 0 Å². The molecule has 0 saturated carbocycles. The van der Waals surface area contributed by atoms with E-state index in [0.717, 1.165) is 27.9 Å². The lowest BCUT2D eigenvalue weighted by Crippen LogP contribution is -2.30. The zero-order chi connectivity index (χ0) is 20.8. The van der Waals surface area contributed by atoms with Crippen LogP contribution in [0.2, 0.25) is 0 Å². The van der Waals surface area contributed by atoms with E-state index in [9.17, 15) is 4.79 Å². The molecule has 0 bridgehead atoms. The Morgan fingerprint density at radius 3 is 2.66 bits per heavy atom. The van der Waals surface area contributed by atoms with Crippen molar-refractivity contribution in [1.82, 2.24) is 19.7 Å². The fraction of sp³-hybridized carbons (Fsp3) is 0.348. The molecule has 6 nitrogen and oxygen atoms in total. The molecule has 0 atom stereocenters. The van der Waals surface area contributed by atoms with Crippen molar-refractivity contribution in [2.45, 2.75) is 46.8 Å². The van der Waals surface area contributed by atoms with Crippen LogP contribution in [0.25, 0.3) is 0 Å². The Kier molecular flexibility index (Phi) is 6.65. The summed E-state index contributed by atoms with van der Waals surface area (Å²) in [4.78, 5) is 19.2. The summed E-state index contributed by atoms with van der Waals surface area (Å²) in [5, 5.41) is 7.81. The number of pyridine rings is 1. The second kappa shape index (κ2) is 9.37. The minimum absolute atomic E-state index is 0.0346. The van der Waals surface area contributed by atoms with Crippen LogP contribution in [0.5, 0.6) is 0 Å². The molecule has 3 rings (SSSR count). The second-order valence-electron chi connectivity index (χ2n) is 7.43. The number of hydrogen-bond donors (Lipinski definition) is 1. The van der Waals surface area contributed by atoms with Crippen LogP contribution < -0.4 is 5.32 Å². The van der Waals surface area contributed by atoms with Crippen molar-refractivity contribution in [2.75, 3.05) is 11.9 Å². The van der Waals surface area contributed by atoms with E-state index in [1.54, 1.807) is 6.20 Å². The summed E-state index contributed by atoms with van der Waals surface area (Å²) in [6.45, 7) is 10.0. The van der Waals surface area contributed by atoms with E-state index in [1.807, 2.05) is 72.4 Å². The molecule has 152 valence electrons. The van der Waals surface area contributed by atoms with Gasteiger partial charge >= 0.3 is 0 Å². The molecule has 0 saturated heterocycles. The average molecular weight is 392 g/mol. The molecule has 0 spiro atoms. The lowest BCUT2D eigenvalue weighted by atomic mass is 10.0. The number of amides is 1. The highest BCUT2D eigenvalue weighted by Gasteiger charge is 2.19. The highest BCUT2D eigenvalue weighted by atomic mass is 16.2. The van der Waals surface area contributed by atoms with Gasteiger partial charge in [-0.05, 0) is 57.0 Å². The lowest BCUT2D eigenvalue weighted by molar-refractivity contribution is 0.0752. The summed E-state index contributed by atoms with van der Waals surface area (Å²) in [6, 6.07) is 10.1. The van der Waals surface area contributed by atoms with Gasteiger partial charge in [0.25, 0.3) is 5.91 Å². The first-order valence-corrected chi connectivity index (χ1v) is 10.0. The monoisotopic (exact) mass is 391 g/mol. The molecule has 1 aromatic carbocycles. The predicted octanol–water partition coefficient (Wildman–Crippen LogP) is 4.44. The van der Waals surface area contributed by atoms with E-state index in [0.29, 0.717) is 25.7 Å². The number of aromatic nitrogens is 3. The van der Waals surface area contributed by atoms with Gasteiger partial charge in [-0.1, -0.05) is 12.1 Å². The predicted molar refractivity (Wildman–Crippen MR) is 116 cm³/mol. The van der Waals surface area contributed by atoms with Crippen molar-refractivity contribution in [3.63, 3.8) is 0 Å². The molecule has 2 aromatic heterocycles. The van der Waals surface area contributed by atoms with Gasteiger partial charge < -0.3 is 10.2 Å². The van der Waals surface area contributed by atoms with Crippen LogP contribution in [0.3, 0.4) is 0 Å². The molecule has 0 aliphatic heterocycles. The quantitative estimate of drug-likeness (QED) is 0.616. The number of hydrogen-bond acceptors (Lipinski definition) is 4. The molecule has 29 heavy (non-hydrogen) atoms. The summed E-state index contributed by atoms with van der Waals surface area (Å²) in [7, 11) is 0. The Morgan fingerprint density at radius 1 is 1.17 bits per heavy atom. The van der Waals surface area contributed by atoms with Crippen molar-refractivity contribution in [2.24, 2.45) is 0 Å². The van der Waals surface area contributed by atoms with Gasteiger partial charge in [0.2, 0.25) is 0 Å². The molecule has 6 heteroatoms. The van der Waals surface area contributed by atoms with Gasteiger partial charge in [0.15, 0.2) is 0 Å². The highest BCUT2D eigenvalue weighted by molar-refractivity contribution is 5.97. The Balaban J connectivity index is 1.74. The normalized spacial score (nSPS) is 10.9. The summed E-state index contributed by atoms with van der Waals surface area (Å²) in [6.07, 6.45) is 7.46.